The molecule has 2 N–H and O–H groups in total. The van der Waals surface area contributed by atoms with E-state index in [1.807, 2.05) is 0 Å². The molecule has 0 aliphatic carbocycles. The number of carbonyl (C=O) groups is 2. The van der Waals surface area contributed by atoms with Crippen LogP contribution in [0.3, 0.4) is 0 Å². The van der Waals surface area contributed by atoms with Crippen LogP contribution in [0.2, 0.25) is 5.02 Å². The second kappa shape index (κ2) is 6.10. The number of aromatic nitrogens is 2. The third-order valence-corrected chi connectivity index (χ3v) is 3.31. The number of imidazole rings is 1. The molecule has 0 aliphatic heterocycles. The molecule has 2 amide bonds. The van der Waals surface area contributed by atoms with Crippen LogP contribution < -0.4 is 10.6 Å². The van der Waals surface area contributed by atoms with Gasteiger partial charge in [0.15, 0.2) is 0 Å². The summed E-state index contributed by atoms with van der Waals surface area (Å²) in [6.07, 6.45) is 3.28. The van der Waals surface area contributed by atoms with Gasteiger partial charge in [-0.1, -0.05) is 17.7 Å². The van der Waals surface area contributed by atoms with Crippen molar-refractivity contribution in [1.29, 1.82) is 0 Å². The van der Waals surface area contributed by atoms with Gasteiger partial charge in [-0.2, -0.15) is 0 Å². The number of amides is 2. The van der Waals surface area contributed by atoms with Crippen LogP contribution in [-0.4, -0.2) is 21.2 Å². The number of hydrogen-bond acceptors (Lipinski definition) is 3. The molecular weight excluding hydrogens is 316 g/mol. The zero-order valence-corrected chi connectivity index (χ0v) is 13.0. The maximum Gasteiger partial charge on any atom is 0.275 e. The third-order valence-electron chi connectivity index (χ3n) is 3.09. The van der Waals surface area contributed by atoms with Gasteiger partial charge in [0.1, 0.15) is 11.3 Å². The first kappa shape index (κ1) is 15.1. The molecular formula is C16H13ClN4O2. The summed E-state index contributed by atoms with van der Waals surface area (Å²) in [4.78, 5) is 27.6. The summed E-state index contributed by atoms with van der Waals surface area (Å²) in [6, 6.07) is 10.3. The number of carbonyl (C=O) groups excluding carboxylic acids is 2. The second-order valence-corrected chi connectivity index (χ2v) is 5.39. The Balaban J connectivity index is 1.81. The van der Waals surface area contributed by atoms with E-state index < -0.39 is 0 Å². The Kier molecular flexibility index (Phi) is 3.99. The lowest BCUT2D eigenvalue weighted by atomic mass is 10.2. The molecule has 2 heterocycles. The summed E-state index contributed by atoms with van der Waals surface area (Å²) in [6.45, 7) is 1.42. The molecule has 0 fully saturated rings. The highest BCUT2D eigenvalue weighted by Gasteiger charge is 2.11. The van der Waals surface area contributed by atoms with Crippen LogP contribution in [0.15, 0.2) is 48.8 Å². The van der Waals surface area contributed by atoms with Gasteiger partial charge >= 0.3 is 0 Å². The second-order valence-electron chi connectivity index (χ2n) is 4.96. The van der Waals surface area contributed by atoms with Crippen molar-refractivity contribution in [2.24, 2.45) is 0 Å². The van der Waals surface area contributed by atoms with Gasteiger partial charge in [0, 0.05) is 30.7 Å². The molecule has 0 unspecified atom stereocenters. The van der Waals surface area contributed by atoms with Crippen molar-refractivity contribution in [3.8, 4) is 0 Å². The fraction of sp³-hybridized carbons (Fsp3) is 0.0625. The van der Waals surface area contributed by atoms with Crippen molar-refractivity contribution in [2.45, 2.75) is 6.92 Å². The minimum Gasteiger partial charge on any atom is -0.326 e. The number of halogens is 1. The predicted octanol–water partition coefficient (Wildman–Crippen LogP) is 3.20. The molecule has 3 aromatic rings. The maximum atomic E-state index is 12.3. The quantitative estimate of drug-likeness (QED) is 0.775. The van der Waals surface area contributed by atoms with Gasteiger partial charge < -0.3 is 15.0 Å². The number of benzene rings is 1. The van der Waals surface area contributed by atoms with Crippen LogP contribution >= 0.6 is 11.6 Å². The average Bonchev–Trinajstić information content (AvgIpc) is 2.90. The highest BCUT2D eigenvalue weighted by atomic mass is 35.5. The van der Waals surface area contributed by atoms with Gasteiger partial charge in [0.25, 0.3) is 5.91 Å². The maximum absolute atomic E-state index is 12.3. The fourth-order valence-corrected chi connectivity index (χ4v) is 2.32. The van der Waals surface area contributed by atoms with Crippen molar-refractivity contribution in [1.82, 2.24) is 9.38 Å². The summed E-state index contributed by atoms with van der Waals surface area (Å²) in [5.74, 6) is -0.518. The number of nitrogens with zero attached hydrogens (tertiary/aromatic N) is 2. The molecule has 0 saturated carbocycles. The van der Waals surface area contributed by atoms with Crippen LogP contribution in [0.1, 0.15) is 17.4 Å². The Morgan fingerprint density at radius 1 is 1.09 bits per heavy atom. The van der Waals surface area contributed by atoms with E-state index in [0.717, 1.165) is 0 Å². The molecule has 3 rings (SSSR count). The first-order valence-corrected chi connectivity index (χ1v) is 7.22. The van der Waals surface area contributed by atoms with Crippen LogP contribution in [0.5, 0.6) is 0 Å². The smallest absolute Gasteiger partial charge is 0.275 e. The predicted molar refractivity (Wildman–Crippen MR) is 88.9 cm³/mol. The first-order chi connectivity index (χ1) is 11.0. The van der Waals surface area contributed by atoms with E-state index in [2.05, 4.69) is 15.6 Å². The molecule has 0 radical (unpaired) electrons. The van der Waals surface area contributed by atoms with E-state index in [4.69, 9.17) is 11.6 Å². The van der Waals surface area contributed by atoms with Gasteiger partial charge in [-0.15, -0.1) is 0 Å². The monoisotopic (exact) mass is 328 g/mol. The summed E-state index contributed by atoms with van der Waals surface area (Å²) in [5, 5.41) is 5.97. The Labute approximate surface area is 137 Å². The SMILES string of the molecule is CC(=O)Nc1cccc(NC(=O)c2cn3cc(Cl)ccc3n2)c1. The van der Waals surface area contributed by atoms with E-state index in [-0.39, 0.29) is 17.5 Å². The number of pyridine rings is 1. The summed E-state index contributed by atoms with van der Waals surface area (Å²) in [7, 11) is 0. The number of rotatable bonds is 3. The minimum atomic E-state index is -0.343. The zero-order valence-electron chi connectivity index (χ0n) is 12.2. The zero-order chi connectivity index (χ0) is 16.4. The molecule has 0 bridgehead atoms. The van der Waals surface area contributed by atoms with Crippen LogP contribution in [0.4, 0.5) is 11.4 Å². The topological polar surface area (TPSA) is 75.5 Å². The van der Waals surface area contributed by atoms with E-state index >= 15 is 0 Å². The molecule has 0 atom stereocenters. The minimum absolute atomic E-state index is 0.175. The molecule has 116 valence electrons. The average molecular weight is 329 g/mol. The molecule has 0 saturated heterocycles. The van der Waals surface area contributed by atoms with Crippen LogP contribution in [0, 0.1) is 0 Å². The Morgan fingerprint density at radius 3 is 2.57 bits per heavy atom. The Morgan fingerprint density at radius 2 is 1.83 bits per heavy atom. The molecule has 1 aromatic carbocycles. The third kappa shape index (κ3) is 3.49. The van der Waals surface area contributed by atoms with Gasteiger partial charge in [-0.25, -0.2) is 4.98 Å². The number of nitrogens with one attached hydrogen (secondary N) is 2. The number of anilines is 2. The lowest BCUT2D eigenvalue weighted by Gasteiger charge is -2.06. The van der Waals surface area contributed by atoms with Crippen molar-refractivity contribution in [3.63, 3.8) is 0 Å². The molecule has 2 aromatic heterocycles. The highest BCUT2D eigenvalue weighted by Crippen LogP contribution is 2.17. The number of fused-ring (bicyclic) bond motifs is 1. The Hall–Kier alpha value is -2.86. The molecule has 0 spiro atoms. The lowest BCUT2D eigenvalue weighted by Crippen LogP contribution is -2.13. The van der Waals surface area contributed by atoms with Gasteiger partial charge in [-0.05, 0) is 30.3 Å². The summed E-state index contributed by atoms with van der Waals surface area (Å²) < 4.78 is 1.69. The number of hydrogen-bond donors (Lipinski definition) is 2. The normalized spacial score (nSPS) is 10.5. The van der Waals surface area contributed by atoms with Crippen molar-refractivity contribution >= 4 is 40.4 Å². The molecule has 0 aliphatic rings. The van der Waals surface area contributed by atoms with Crippen molar-refractivity contribution in [3.05, 3.63) is 59.5 Å². The van der Waals surface area contributed by atoms with Gasteiger partial charge in [0.2, 0.25) is 5.91 Å². The first-order valence-electron chi connectivity index (χ1n) is 6.84. The summed E-state index contributed by atoms with van der Waals surface area (Å²) >= 11 is 5.91. The van der Waals surface area contributed by atoms with Gasteiger partial charge in [-0.3, -0.25) is 9.59 Å². The molecule has 6 nitrogen and oxygen atoms in total. The van der Waals surface area contributed by atoms with E-state index in [9.17, 15) is 9.59 Å². The summed E-state index contributed by atoms with van der Waals surface area (Å²) in [5.41, 5.74) is 2.08. The van der Waals surface area contributed by atoms with Crippen molar-refractivity contribution in [2.75, 3.05) is 10.6 Å². The molecule has 23 heavy (non-hydrogen) atoms. The van der Waals surface area contributed by atoms with Crippen LogP contribution in [0.25, 0.3) is 5.65 Å². The van der Waals surface area contributed by atoms with E-state index in [0.29, 0.717) is 22.0 Å². The fourth-order valence-electron chi connectivity index (χ4n) is 2.15. The van der Waals surface area contributed by atoms with E-state index in [1.165, 1.54) is 6.92 Å². The van der Waals surface area contributed by atoms with Gasteiger partial charge in [0.05, 0.1) is 5.02 Å². The largest absolute Gasteiger partial charge is 0.326 e. The lowest BCUT2D eigenvalue weighted by molar-refractivity contribution is -0.114. The van der Waals surface area contributed by atoms with Crippen molar-refractivity contribution < 1.29 is 9.59 Å². The Bertz CT molecular complexity index is 904. The standard InChI is InChI=1S/C16H13ClN4O2/c1-10(22)18-12-3-2-4-13(7-12)19-16(23)14-9-21-8-11(17)5-6-15(21)20-14/h2-9H,1H3,(H,18,22)(H,19,23). The van der Waals surface area contributed by atoms with Crippen LogP contribution in [-0.2, 0) is 4.79 Å². The molecule has 7 heteroatoms. The van der Waals surface area contributed by atoms with E-state index in [1.54, 1.807) is 53.2 Å². The highest BCUT2D eigenvalue weighted by molar-refractivity contribution is 6.30.